The first kappa shape index (κ1) is 11.8. The molecule has 0 radical (unpaired) electrons. The number of hydrogen-bond acceptors (Lipinski definition) is 3. The van der Waals surface area contributed by atoms with Crippen LogP contribution >= 0.6 is 0 Å². The Labute approximate surface area is 101 Å². The van der Waals surface area contributed by atoms with Crippen LogP contribution in [0.2, 0.25) is 0 Å². The number of fused-ring (bicyclic) bond motifs is 1. The van der Waals surface area contributed by atoms with Crippen LogP contribution in [0.4, 0.5) is 0 Å². The molecule has 0 aliphatic rings. The quantitative estimate of drug-likeness (QED) is 0.812. The molecule has 90 valence electrons. The summed E-state index contributed by atoms with van der Waals surface area (Å²) in [5, 5.41) is 8.32. The lowest BCUT2D eigenvalue weighted by Crippen LogP contribution is -2.19. The van der Waals surface area contributed by atoms with Crippen molar-refractivity contribution in [3.8, 4) is 0 Å². The molecule has 1 heterocycles. The number of rotatable bonds is 4. The van der Waals surface area contributed by atoms with Gasteiger partial charge in [0.25, 0.3) is 0 Å². The zero-order valence-corrected chi connectivity index (χ0v) is 10.4. The first-order valence-electron chi connectivity index (χ1n) is 5.89. The third-order valence-corrected chi connectivity index (χ3v) is 2.96. The van der Waals surface area contributed by atoms with E-state index in [-0.39, 0.29) is 11.8 Å². The predicted octanol–water partition coefficient (Wildman–Crippen LogP) is 2.61. The minimum atomic E-state index is 0.0832. The molecular formula is C13H17N3O. The van der Waals surface area contributed by atoms with Crippen molar-refractivity contribution in [1.82, 2.24) is 15.0 Å². The fourth-order valence-electron chi connectivity index (χ4n) is 2.03. The van der Waals surface area contributed by atoms with E-state index in [9.17, 15) is 4.79 Å². The van der Waals surface area contributed by atoms with Crippen molar-refractivity contribution in [3.63, 3.8) is 0 Å². The van der Waals surface area contributed by atoms with E-state index in [0.29, 0.717) is 12.3 Å². The number of ketones is 1. The molecule has 0 N–H and O–H groups in total. The van der Waals surface area contributed by atoms with Crippen molar-refractivity contribution in [1.29, 1.82) is 0 Å². The van der Waals surface area contributed by atoms with Crippen LogP contribution in [0, 0.1) is 5.92 Å². The Kier molecular flexibility index (Phi) is 3.22. The predicted molar refractivity (Wildman–Crippen MR) is 66.7 cm³/mol. The normalized spacial score (nSPS) is 13.2. The van der Waals surface area contributed by atoms with Crippen LogP contribution in [0.5, 0.6) is 0 Å². The molecule has 0 saturated heterocycles. The molecule has 1 aromatic carbocycles. The van der Waals surface area contributed by atoms with E-state index in [2.05, 4.69) is 24.2 Å². The van der Waals surface area contributed by atoms with E-state index in [1.165, 1.54) is 0 Å². The highest BCUT2D eigenvalue weighted by Crippen LogP contribution is 2.24. The summed E-state index contributed by atoms with van der Waals surface area (Å²) in [7, 11) is 0. The second-order valence-electron chi connectivity index (χ2n) is 4.74. The summed E-state index contributed by atoms with van der Waals surface area (Å²) in [6.07, 6.45) is 0.505. The molecular weight excluding hydrogens is 214 g/mol. The first-order chi connectivity index (χ1) is 8.09. The second kappa shape index (κ2) is 4.65. The number of benzene rings is 1. The van der Waals surface area contributed by atoms with Gasteiger partial charge in [-0.2, -0.15) is 0 Å². The Hall–Kier alpha value is -1.71. The molecule has 2 aromatic rings. The number of Topliss-reactive ketones (excluding diaryl/α,β-unsaturated/α-hetero) is 1. The Balaban J connectivity index is 2.45. The minimum absolute atomic E-state index is 0.0832. The fourth-order valence-corrected chi connectivity index (χ4v) is 2.03. The molecule has 4 heteroatoms. The van der Waals surface area contributed by atoms with E-state index in [1.54, 1.807) is 6.92 Å². The lowest BCUT2D eigenvalue weighted by molar-refractivity contribution is -0.118. The maximum atomic E-state index is 11.3. The summed E-state index contributed by atoms with van der Waals surface area (Å²) in [4.78, 5) is 11.3. The summed E-state index contributed by atoms with van der Waals surface area (Å²) >= 11 is 0. The Bertz CT molecular complexity index is 530. The molecule has 0 aliphatic carbocycles. The SMILES string of the molecule is CC(=O)CC(C(C)C)n1nnc2ccccc21. The third kappa shape index (κ3) is 2.35. The van der Waals surface area contributed by atoms with E-state index in [0.717, 1.165) is 11.0 Å². The van der Waals surface area contributed by atoms with Crippen LogP contribution in [0.1, 0.15) is 33.2 Å². The van der Waals surface area contributed by atoms with Crippen molar-refractivity contribution in [2.75, 3.05) is 0 Å². The van der Waals surface area contributed by atoms with Crippen LogP contribution in [-0.2, 0) is 4.79 Å². The lowest BCUT2D eigenvalue weighted by atomic mass is 9.99. The average molecular weight is 231 g/mol. The molecule has 1 aromatic heterocycles. The van der Waals surface area contributed by atoms with E-state index in [1.807, 2.05) is 28.9 Å². The molecule has 4 nitrogen and oxygen atoms in total. The molecule has 0 spiro atoms. The standard InChI is InChI=1S/C13H17N3O/c1-9(2)13(8-10(3)17)16-12-7-5-4-6-11(12)14-15-16/h4-7,9,13H,8H2,1-3H3. The van der Waals surface area contributed by atoms with Gasteiger partial charge in [-0.25, -0.2) is 4.68 Å². The molecule has 0 bridgehead atoms. The molecule has 1 unspecified atom stereocenters. The summed E-state index contributed by atoms with van der Waals surface area (Å²) in [5.41, 5.74) is 1.87. The van der Waals surface area contributed by atoms with Gasteiger partial charge < -0.3 is 0 Å². The van der Waals surface area contributed by atoms with Gasteiger partial charge in [0.1, 0.15) is 11.3 Å². The topological polar surface area (TPSA) is 47.8 Å². The van der Waals surface area contributed by atoms with Gasteiger partial charge in [-0.05, 0) is 25.0 Å². The summed E-state index contributed by atoms with van der Waals surface area (Å²) < 4.78 is 1.88. The van der Waals surface area contributed by atoms with Crippen molar-refractivity contribution < 1.29 is 4.79 Å². The fraction of sp³-hybridized carbons (Fsp3) is 0.462. The zero-order valence-electron chi connectivity index (χ0n) is 10.4. The van der Waals surface area contributed by atoms with Gasteiger partial charge in [0.15, 0.2) is 0 Å². The number of aromatic nitrogens is 3. The van der Waals surface area contributed by atoms with Gasteiger partial charge >= 0.3 is 0 Å². The molecule has 0 fully saturated rings. The maximum absolute atomic E-state index is 11.3. The van der Waals surface area contributed by atoms with Crippen LogP contribution in [0.3, 0.4) is 0 Å². The van der Waals surface area contributed by atoms with Crippen LogP contribution < -0.4 is 0 Å². The van der Waals surface area contributed by atoms with Crippen LogP contribution in [0.15, 0.2) is 24.3 Å². The van der Waals surface area contributed by atoms with Crippen molar-refractivity contribution in [2.45, 2.75) is 33.2 Å². The monoisotopic (exact) mass is 231 g/mol. The zero-order chi connectivity index (χ0) is 12.4. The molecule has 0 amide bonds. The van der Waals surface area contributed by atoms with Gasteiger partial charge in [0, 0.05) is 6.42 Å². The molecule has 0 saturated carbocycles. The van der Waals surface area contributed by atoms with Crippen LogP contribution in [-0.4, -0.2) is 20.8 Å². The highest BCUT2D eigenvalue weighted by molar-refractivity contribution is 5.77. The average Bonchev–Trinajstić information content (AvgIpc) is 2.69. The van der Waals surface area contributed by atoms with Crippen molar-refractivity contribution >= 4 is 16.8 Å². The largest absolute Gasteiger partial charge is 0.300 e. The van der Waals surface area contributed by atoms with Crippen molar-refractivity contribution in [2.24, 2.45) is 5.92 Å². The minimum Gasteiger partial charge on any atom is -0.300 e. The smallest absolute Gasteiger partial charge is 0.131 e. The Morgan fingerprint density at radius 3 is 2.71 bits per heavy atom. The van der Waals surface area contributed by atoms with E-state index < -0.39 is 0 Å². The number of carbonyl (C=O) groups excluding carboxylic acids is 1. The van der Waals surface area contributed by atoms with Crippen LogP contribution in [0.25, 0.3) is 11.0 Å². The number of para-hydroxylation sites is 1. The van der Waals surface area contributed by atoms with Gasteiger partial charge in [-0.3, -0.25) is 4.79 Å². The van der Waals surface area contributed by atoms with Gasteiger partial charge in [-0.15, -0.1) is 5.10 Å². The first-order valence-corrected chi connectivity index (χ1v) is 5.89. The Morgan fingerprint density at radius 1 is 1.35 bits per heavy atom. The molecule has 2 rings (SSSR count). The molecule has 0 aliphatic heterocycles. The summed E-state index contributed by atoms with van der Waals surface area (Å²) in [6.45, 7) is 5.82. The highest BCUT2D eigenvalue weighted by atomic mass is 16.1. The van der Waals surface area contributed by atoms with Gasteiger partial charge in [0.2, 0.25) is 0 Å². The highest BCUT2D eigenvalue weighted by Gasteiger charge is 2.20. The second-order valence-corrected chi connectivity index (χ2v) is 4.74. The number of hydrogen-bond donors (Lipinski definition) is 0. The number of carbonyl (C=O) groups is 1. The summed E-state index contributed by atoms with van der Waals surface area (Å²) in [5.74, 6) is 0.535. The lowest BCUT2D eigenvalue weighted by Gasteiger charge is -2.20. The van der Waals surface area contributed by atoms with Gasteiger partial charge in [0.05, 0.1) is 11.6 Å². The van der Waals surface area contributed by atoms with Crippen molar-refractivity contribution in [3.05, 3.63) is 24.3 Å². The van der Waals surface area contributed by atoms with E-state index in [4.69, 9.17) is 0 Å². The van der Waals surface area contributed by atoms with Gasteiger partial charge in [-0.1, -0.05) is 31.2 Å². The van der Waals surface area contributed by atoms with E-state index >= 15 is 0 Å². The Morgan fingerprint density at radius 2 is 2.06 bits per heavy atom. The third-order valence-electron chi connectivity index (χ3n) is 2.96. The summed E-state index contributed by atoms with van der Waals surface area (Å²) in [6, 6.07) is 7.92. The molecule has 1 atom stereocenters. The molecule has 17 heavy (non-hydrogen) atoms. The number of nitrogens with zero attached hydrogens (tertiary/aromatic N) is 3. The maximum Gasteiger partial charge on any atom is 0.131 e.